The summed E-state index contributed by atoms with van der Waals surface area (Å²) in [6, 6.07) is 17.4. The van der Waals surface area contributed by atoms with E-state index in [1.807, 2.05) is 60.7 Å². The number of pyridine rings is 1. The first kappa shape index (κ1) is 18.5. The van der Waals surface area contributed by atoms with Crippen LogP contribution in [-0.4, -0.2) is 28.3 Å². The van der Waals surface area contributed by atoms with Crippen LogP contribution in [0.4, 0.5) is 0 Å². The second-order valence-electron chi connectivity index (χ2n) is 6.94. The predicted octanol–water partition coefficient (Wildman–Crippen LogP) is 4.70. The smallest absolute Gasteiger partial charge is 0.458 e. The van der Waals surface area contributed by atoms with Crippen LogP contribution in [0.3, 0.4) is 0 Å². The van der Waals surface area contributed by atoms with E-state index in [1.165, 1.54) is 0 Å². The Bertz CT molecular complexity index is 1020. The first-order valence-electron chi connectivity index (χ1n) is 9.53. The van der Waals surface area contributed by atoms with Gasteiger partial charge in [0, 0.05) is 17.9 Å². The maximum atomic E-state index is 10.2. The molecule has 0 saturated carbocycles. The fourth-order valence-corrected chi connectivity index (χ4v) is 3.56. The molecule has 140 valence electrons. The molecule has 2 aromatic carbocycles. The van der Waals surface area contributed by atoms with Gasteiger partial charge in [0.1, 0.15) is 5.75 Å². The number of aromatic nitrogens is 1. The summed E-state index contributed by atoms with van der Waals surface area (Å²) in [5.41, 5.74) is 3.04. The standard InChI is InChI=1S/C23H22BNO3/c26-23-13-11-17(20-7-1-2-8-21(20)23)16-18(22-9-3-4-15-25-22)10-12-19-6-5-14-24(27)28-19/h1-9,11,13,15-16,19,26-27H,10,12,14H2/b18-16-/t19-/m0/s1. The molecule has 0 fully saturated rings. The topological polar surface area (TPSA) is 62.6 Å². The van der Waals surface area contributed by atoms with Crippen molar-refractivity contribution in [2.24, 2.45) is 0 Å². The molecule has 4 rings (SSSR count). The third-order valence-electron chi connectivity index (χ3n) is 4.98. The third kappa shape index (κ3) is 4.16. The zero-order valence-electron chi connectivity index (χ0n) is 15.5. The van der Waals surface area contributed by atoms with E-state index >= 15 is 0 Å². The number of hydrogen-bond donors (Lipinski definition) is 2. The maximum absolute atomic E-state index is 10.2. The van der Waals surface area contributed by atoms with Gasteiger partial charge in [-0.05, 0) is 53.6 Å². The van der Waals surface area contributed by atoms with Crippen molar-refractivity contribution in [3.63, 3.8) is 0 Å². The van der Waals surface area contributed by atoms with Gasteiger partial charge in [0.25, 0.3) is 0 Å². The molecule has 0 aliphatic carbocycles. The van der Waals surface area contributed by atoms with Crippen molar-refractivity contribution in [1.29, 1.82) is 0 Å². The molecule has 5 heteroatoms. The van der Waals surface area contributed by atoms with E-state index in [0.29, 0.717) is 6.32 Å². The molecule has 3 aromatic rings. The Morgan fingerprint density at radius 3 is 2.71 bits per heavy atom. The number of rotatable bonds is 5. The highest BCUT2D eigenvalue weighted by Gasteiger charge is 2.21. The minimum Gasteiger partial charge on any atom is -0.507 e. The lowest BCUT2D eigenvalue weighted by Crippen LogP contribution is -2.27. The van der Waals surface area contributed by atoms with Crippen molar-refractivity contribution < 1.29 is 14.8 Å². The van der Waals surface area contributed by atoms with Crippen molar-refractivity contribution >= 4 is 29.5 Å². The van der Waals surface area contributed by atoms with E-state index in [4.69, 9.17) is 4.65 Å². The lowest BCUT2D eigenvalue weighted by atomic mass is 9.82. The number of aromatic hydroxyl groups is 1. The van der Waals surface area contributed by atoms with Crippen molar-refractivity contribution in [3.8, 4) is 5.75 Å². The Labute approximate surface area is 165 Å². The monoisotopic (exact) mass is 371 g/mol. The van der Waals surface area contributed by atoms with Crippen LogP contribution in [0.5, 0.6) is 5.75 Å². The molecule has 0 spiro atoms. The van der Waals surface area contributed by atoms with E-state index in [9.17, 15) is 10.1 Å². The van der Waals surface area contributed by atoms with Gasteiger partial charge in [-0.3, -0.25) is 4.98 Å². The normalized spacial score (nSPS) is 17.2. The van der Waals surface area contributed by atoms with E-state index < -0.39 is 7.12 Å². The fraction of sp³-hybridized carbons (Fsp3) is 0.174. The highest BCUT2D eigenvalue weighted by atomic mass is 16.5. The minimum atomic E-state index is -0.724. The average Bonchev–Trinajstić information content (AvgIpc) is 2.73. The number of hydrogen-bond acceptors (Lipinski definition) is 4. The average molecular weight is 371 g/mol. The van der Waals surface area contributed by atoms with Gasteiger partial charge >= 0.3 is 7.12 Å². The molecule has 0 radical (unpaired) electrons. The molecule has 0 bridgehead atoms. The highest BCUT2D eigenvalue weighted by Crippen LogP contribution is 2.31. The first-order valence-corrected chi connectivity index (χ1v) is 9.53. The van der Waals surface area contributed by atoms with E-state index in [-0.39, 0.29) is 11.9 Å². The van der Waals surface area contributed by atoms with Crippen LogP contribution >= 0.6 is 0 Å². The van der Waals surface area contributed by atoms with Gasteiger partial charge < -0.3 is 14.8 Å². The van der Waals surface area contributed by atoms with Crippen LogP contribution in [-0.2, 0) is 4.65 Å². The second-order valence-corrected chi connectivity index (χ2v) is 6.94. The zero-order valence-corrected chi connectivity index (χ0v) is 15.5. The van der Waals surface area contributed by atoms with Crippen LogP contribution in [0.25, 0.3) is 22.4 Å². The number of phenols is 1. The molecular formula is C23H22BNO3. The van der Waals surface area contributed by atoms with Gasteiger partial charge in [0.15, 0.2) is 0 Å². The summed E-state index contributed by atoms with van der Waals surface area (Å²) in [6.45, 7) is 0. The van der Waals surface area contributed by atoms with Crippen molar-refractivity contribution in [2.75, 3.05) is 0 Å². The summed E-state index contributed by atoms with van der Waals surface area (Å²) in [4.78, 5) is 4.53. The lowest BCUT2D eigenvalue weighted by molar-refractivity contribution is 0.193. The van der Waals surface area contributed by atoms with Crippen molar-refractivity contribution in [3.05, 3.63) is 84.2 Å². The molecule has 2 heterocycles. The minimum absolute atomic E-state index is 0.104. The first-order chi connectivity index (χ1) is 13.7. The molecular weight excluding hydrogens is 349 g/mol. The van der Waals surface area contributed by atoms with Crippen molar-refractivity contribution in [2.45, 2.75) is 25.3 Å². The summed E-state index contributed by atoms with van der Waals surface area (Å²) in [6.07, 6.45) is 9.85. The number of fused-ring (bicyclic) bond motifs is 1. The summed E-state index contributed by atoms with van der Waals surface area (Å²) >= 11 is 0. The Morgan fingerprint density at radius 2 is 1.93 bits per heavy atom. The molecule has 0 unspecified atom stereocenters. The molecule has 4 nitrogen and oxygen atoms in total. The number of allylic oxidation sites excluding steroid dienone is 2. The largest absolute Gasteiger partial charge is 0.507 e. The number of phenolic OH excluding ortho intramolecular Hbond substituents is 1. The van der Waals surface area contributed by atoms with Crippen molar-refractivity contribution in [1.82, 2.24) is 4.98 Å². The quantitative estimate of drug-likeness (QED) is 0.504. The van der Waals surface area contributed by atoms with Gasteiger partial charge in [0.05, 0.1) is 11.8 Å². The Morgan fingerprint density at radius 1 is 1.11 bits per heavy atom. The lowest BCUT2D eigenvalue weighted by Gasteiger charge is -2.20. The van der Waals surface area contributed by atoms with E-state index in [0.717, 1.165) is 40.4 Å². The molecule has 0 amide bonds. The number of benzene rings is 2. The second kappa shape index (κ2) is 8.42. The number of nitrogens with zero attached hydrogens (tertiary/aromatic N) is 1. The molecule has 1 aromatic heterocycles. The van der Waals surface area contributed by atoms with Gasteiger partial charge in [-0.1, -0.05) is 48.6 Å². The van der Waals surface area contributed by atoms with Crippen LogP contribution in [0.1, 0.15) is 24.1 Å². The predicted molar refractivity (Wildman–Crippen MR) is 114 cm³/mol. The van der Waals surface area contributed by atoms with Gasteiger partial charge in [-0.25, -0.2) is 0 Å². The van der Waals surface area contributed by atoms with Crippen LogP contribution in [0, 0.1) is 0 Å². The van der Waals surface area contributed by atoms with Crippen LogP contribution in [0.15, 0.2) is 72.9 Å². The Kier molecular flexibility index (Phi) is 5.56. The highest BCUT2D eigenvalue weighted by molar-refractivity contribution is 6.43. The van der Waals surface area contributed by atoms with Crippen LogP contribution in [0.2, 0.25) is 6.32 Å². The fourth-order valence-electron chi connectivity index (χ4n) is 3.56. The molecule has 0 saturated heterocycles. The SMILES string of the molecule is OB1CC=C[C@@H](CC/C(=C/c2ccc(O)c3ccccc23)c2ccccn2)O1. The van der Waals surface area contributed by atoms with Crippen LogP contribution < -0.4 is 0 Å². The van der Waals surface area contributed by atoms with Gasteiger partial charge in [0.2, 0.25) is 0 Å². The molecule has 1 atom stereocenters. The summed E-state index contributed by atoms with van der Waals surface area (Å²) < 4.78 is 5.60. The third-order valence-corrected chi connectivity index (χ3v) is 4.98. The molecule has 1 aliphatic rings. The zero-order chi connectivity index (χ0) is 19.3. The Hall–Kier alpha value is -2.89. The summed E-state index contributed by atoms with van der Waals surface area (Å²) in [5, 5.41) is 21.7. The molecule has 28 heavy (non-hydrogen) atoms. The summed E-state index contributed by atoms with van der Waals surface area (Å²) in [7, 11) is -0.724. The molecule has 1 aliphatic heterocycles. The van der Waals surface area contributed by atoms with Gasteiger partial charge in [-0.2, -0.15) is 0 Å². The van der Waals surface area contributed by atoms with Gasteiger partial charge in [-0.15, -0.1) is 0 Å². The van der Waals surface area contributed by atoms with E-state index in [1.54, 1.807) is 12.3 Å². The van der Waals surface area contributed by atoms with E-state index in [2.05, 4.69) is 11.1 Å². The maximum Gasteiger partial charge on any atom is 0.458 e. The Balaban J connectivity index is 1.69. The summed E-state index contributed by atoms with van der Waals surface area (Å²) in [5.74, 6) is 0.280. The molecule has 2 N–H and O–H groups in total.